The van der Waals surface area contributed by atoms with E-state index in [0.29, 0.717) is 5.92 Å². The third kappa shape index (κ3) is 3.10. The van der Waals surface area contributed by atoms with Crippen LogP contribution >= 0.6 is 0 Å². The second-order valence-electron chi connectivity index (χ2n) is 7.80. The van der Waals surface area contributed by atoms with E-state index in [1.807, 2.05) is 17.0 Å². The smallest absolute Gasteiger partial charge is 0.307 e. The van der Waals surface area contributed by atoms with Gasteiger partial charge in [-0.3, -0.25) is 9.59 Å². The van der Waals surface area contributed by atoms with Crippen molar-refractivity contribution in [3.05, 3.63) is 48.0 Å². The second kappa shape index (κ2) is 6.66. The van der Waals surface area contributed by atoms with Gasteiger partial charge in [-0.15, -0.1) is 0 Å². The van der Waals surface area contributed by atoms with E-state index in [-0.39, 0.29) is 23.7 Å². The number of nitrogens with zero attached hydrogens (tertiary/aromatic N) is 1. The second-order valence-corrected chi connectivity index (χ2v) is 7.80. The van der Waals surface area contributed by atoms with Crippen LogP contribution in [0.4, 0.5) is 0 Å². The average molecular weight is 339 g/mol. The van der Waals surface area contributed by atoms with Crippen molar-refractivity contribution >= 4 is 11.9 Å². The molecule has 1 aliphatic heterocycles. The zero-order valence-corrected chi connectivity index (χ0v) is 14.4. The fourth-order valence-electron chi connectivity index (χ4n) is 5.01. The Labute approximate surface area is 148 Å². The number of hydrogen-bond acceptors (Lipinski definition) is 2. The first-order valence-corrected chi connectivity index (χ1v) is 9.37. The number of hydrogen-bond donors (Lipinski definition) is 1. The van der Waals surface area contributed by atoms with Crippen molar-refractivity contribution < 1.29 is 14.7 Å². The van der Waals surface area contributed by atoms with Crippen molar-refractivity contribution in [2.45, 2.75) is 25.7 Å². The van der Waals surface area contributed by atoms with Gasteiger partial charge in [-0.1, -0.05) is 42.5 Å². The van der Waals surface area contributed by atoms with Crippen LogP contribution < -0.4 is 0 Å². The third-order valence-corrected chi connectivity index (χ3v) is 6.32. The molecular formula is C21H25NO3. The van der Waals surface area contributed by atoms with Crippen LogP contribution in [0.3, 0.4) is 0 Å². The summed E-state index contributed by atoms with van der Waals surface area (Å²) < 4.78 is 0. The molecule has 4 heteroatoms. The summed E-state index contributed by atoms with van der Waals surface area (Å²) in [6.45, 7) is 1.53. The number of allylic oxidation sites excluding steroid dienone is 2. The molecule has 1 aromatic rings. The lowest BCUT2D eigenvalue weighted by Gasteiger charge is -2.36. The fourth-order valence-corrected chi connectivity index (χ4v) is 5.01. The van der Waals surface area contributed by atoms with E-state index in [2.05, 4.69) is 30.3 Å². The summed E-state index contributed by atoms with van der Waals surface area (Å²) in [5.41, 5.74) is 1.36. The van der Waals surface area contributed by atoms with Crippen LogP contribution in [0.5, 0.6) is 0 Å². The third-order valence-electron chi connectivity index (χ3n) is 6.32. The maximum absolute atomic E-state index is 13.0. The standard InChI is InChI=1S/C21H25NO3/c23-20(18-16-6-7-17(13-16)19(18)21(24)25)22-10-8-15(9-11-22)12-14-4-2-1-3-5-14/h1-7,15-19H,8-13H2,(H,24,25)/t16-,17-,18-,19-/m0/s1. The monoisotopic (exact) mass is 339 g/mol. The van der Waals surface area contributed by atoms with Crippen LogP contribution in [0.15, 0.2) is 42.5 Å². The molecule has 4 atom stereocenters. The molecule has 1 aromatic carbocycles. The zero-order valence-electron chi connectivity index (χ0n) is 14.4. The van der Waals surface area contributed by atoms with Crippen molar-refractivity contribution in [1.82, 2.24) is 4.90 Å². The minimum absolute atomic E-state index is 0.0482. The molecule has 1 heterocycles. The maximum atomic E-state index is 13.0. The van der Waals surface area contributed by atoms with Gasteiger partial charge in [0.05, 0.1) is 11.8 Å². The minimum atomic E-state index is -0.811. The largest absolute Gasteiger partial charge is 0.481 e. The van der Waals surface area contributed by atoms with Gasteiger partial charge >= 0.3 is 5.97 Å². The lowest BCUT2D eigenvalue weighted by atomic mass is 9.81. The molecule has 132 valence electrons. The number of benzene rings is 1. The average Bonchev–Trinajstić information content (AvgIpc) is 3.24. The van der Waals surface area contributed by atoms with E-state index >= 15 is 0 Å². The van der Waals surface area contributed by atoms with Crippen LogP contribution in [-0.4, -0.2) is 35.0 Å². The summed E-state index contributed by atoms with van der Waals surface area (Å²) >= 11 is 0. The molecule has 0 unspecified atom stereocenters. The Morgan fingerprint density at radius 2 is 1.64 bits per heavy atom. The van der Waals surface area contributed by atoms with Gasteiger partial charge in [0, 0.05) is 13.1 Å². The number of carboxylic acids is 1. The van der Waals surface area contributed by atoms with Crippen molar-refractivity contribution in [1.29, 1.82) is 0 Å². The molecular weight excluding hydrogens is 314 g/mol. The van der Waals surface area contributed by atoms with E-state index < -0.39 is 11.9 Å². The van der Waals surface area contributed by atoms with Gasteiger partial charge in [0.15, 0.2) is 0 Å². The summed E-state index contributed by atoms with van der Waals surface area (Å²) in [7, 11) is 0. The highest BCUT2D eigenvalue weighted by molar-refractivity contribution is 5.87. The lowest BCUT2D eigenvalue weighted by Crippen LogP contribution is -2.46. The first kappa shape index (κ1) is 16.4. The molecule has 0 spiro atoms. The van der Waals surface area contributed by atoms with Gasteiger partial charge in [-0.05, 0) is 49.0 Å². The van der Waals surface area contributed by atoms with Crippen LogP contribution in [0.1, 0.15) is 24.8 Å². The molecule has 1 saturated carbocycles. The number of rotatable bonds is 4. The SMILES string of the molecule is O=C(O)[C@@H]1[C@@H](C(=O)N2CCC(Cc3ccccc3)CC2)[C@H]2C=C[C@H]1C2. The Kier molecular flexibility index (Phi) is 4.36. The lowest BCUT2D eigenvalue weighted by molar-refractivity contribution is -0.151. The van der Waals surface area contributed by atoms with Crippen LogP contribution in [0, 0.1) is 29.6 Å². The Morgan fingerprint density at radius 1 is 1.00 bits per heavy atom. The number of carbonyl (C=O) groups excluding carboxylic acids is 1. The molecule has 3 aliphatic rings. The Balaban J connectivity index is 1.37. The Morgan fingerprint density at radius 3 is 2.28 bits per heavy atom. The minimum Gasteiger partial charge on any atom is -0.481 e. The highest BCUT2D eigenvalue weighted by Crippen LogP contribution is 2.49. The highest BCUT2D eigenvalue weighted by Gasteiger charge is 2.52. The summed E-state index contributed by atoms with van der Waals surface area (Å²) in [6, 6.07) is 10.5. The quantitative estimate of drug-likeness (QED) is 0.858. The molecule has 25 heavy (non-hydrogen) atoms. The molecule has 4 rings (SSSR count). The van der Waals surface area contributed by atoms with E-state index in [1.54, 1.807) is 0 Å². The number of piperidine rings is 1. The van der Waals surface area contributed by atoms with Gasteiger partial charge in [0.1, 0.15) is 0 Å². The van der Waals surface area contributed by atoms with Gasteiger partial charge < -0.3 is 10.0 Å². The van der Waals surface area contributed by atoms with E-state index in [4.69, 9.17) is 0 Å². The first-order chi connectivity index (χ1) is 12.1. The Hall–Kier alpha value is -2.10. The summed E-state index contributed by atoms with van der Waals surface area (Å²) in [5, 5.41) is 9.55. The van der Waals surface area contributed by atoms with Crippen molar-refractivity contribution in [2.24, 2.45) is 29.6 Å². The predicted molar refractivity (Wildman–Crippen MR) is 94.8 cm³/mol. The maximum Gasteiger partial charge on any atom is 0.307 e. The van der Waals surface area contributed by atoms with Crippen molar-refractivity contribution in [3.63, 3.8) is 0 Å². The van der Waals surface area contributed by atoms with Gasteiger partial charge in [-0.25, -0.2) is 0 Å². The molecule has 0 aromatic heterocycles. The molecule has 2 bridgehead atoms. The molecule has 1 saturated heterocycles. The molecule has 1 amide bonds. The number of aliphatic carboxylic acids is 1. The molecule has 0 radical (unpaired) electrons. The number of likely N-dealkylation sites (tertiary alicyclic amines) is 1. The highest BCUT2D eigenvalue weighted by atomic mass is 16.4. The summed E-state index contributed by atoms with van der Waals surface area (Å²) in [5.74, 6) is -0.825. The molecule has 1 N–H and O–H groups in total. The first-order valence-electron chi connectivity index (χ1n) is 9.37. The van der Waals surface area contributed by atoms with E-state index in [1.165, 1.54) is 5.56 Å². The fraction of sp³-hybridized carbons (Fsp3) is 0.524. The summed E-state index contributed by atoms with van der Waals surface area (Å²) in [4.78, 5) is 26.6. The van der Waals surface area contributed by atoms with Crippen molar-refractivity contribution in [2.75, 3.05) is 13.1 Å². The normalized spacial score (nSPS) is 31.4. The topological polar surface area (TPSA) is 57.6 Å². The van der Waals surface area contributed by atoms with Crippen LogP contribution in [0.2, 0.25) is 0 Å². The molecule has 2 fully saturated rings. The predicted octanol–water partition coefficient (Wildman–Crippen LogP) is 2.99. The zero-order chi connectivity index (χ0) is 17.4. The van der Waals surface area contributed by atoms with Gasteiger partial charge in [0.2, 0.25) is 5.91 Å². The van der Waals surface area contributed by atoms with Gasteiger partial charge in [0.25, 0.3) is 0 Å². The number of fused-ring (bicyclic) bond motifs is 2. The molecule has 2 aliphatic carbocycles. The molecule has 4 nitrogen and oxygen atoms in total. The summed E-state index contributed by atoms with van der Waals surface area (Å²) in [6.07, 6.45) is 7.98. The van der Waals surface area contributed by atoms with Crippen molar-refractivity contribution in [3.8, 4) is 0 Å². The van der Waals surface area contributed by atoms with E-state index in [0.717, 1.165) is 38.8 Å². The van der Waals surface area contributed by atoms with E-state index in [9.17, 15) is 14.7 Å². The van der Waals surface area contributed by atoms with Crippen LogP contribution in [0.25, 0.3) is 0 Å². The van der Waals surface area contributed by atoms with Crippen LogP contribution in [-0.2, 0) is 16.0 Å². The number of carboxylic acid groups (broad SMARTS) is 1. The van der Waals surface area contributed by atoms with Gasteiger partial charge in [-0.2, -0.15) is 0 Å². The Bertz CT molecular complexity index is 676. The number of carbonyl (C=O) groups is 2. The number of amides is 1.